The molecule has 0 aromatic carbocycles. The van der Waals surface area contributed by atoms with Crippen LogP contribution in [0.4, 0.5) is 0 Å². The highest BCUT2D eigenvalue weighted by Gasteiger charge is 2.17. The molecule has 5 heteroatoms. The lowest BCUT2D eigenvalue weighted by Crippen LogP contribution is -2.30. The zero-order chi connectivity index (χ0) is 44.9. The molecular formula is C57H102O5. The SMILES string of the molecule is CC/C=C\C/C=C\C/C=C\CCCCCCCCOCC(COC(=O)CCCCCCCCCCC/C=C\C/C=C\CCCCC)OC(=O)CCCCCCCCCCCCC. The molecule has 0 rings (SSSR count). The molecule has 0 heterocycles. The number of esters is 2. The standard InChI is InChI=1S/C57H102O5/c1-4-7-10-13-16-19-22-24-26-28-29-30-31-33-36-38-41-44-47-50-56(58)61-54-55(62-57(59)51-48-45-42-39-35-21-18-15-12-9-6-3)53-60-52-49-46-43-40-37-34-32-27-25-23-20-17-14-11-8-5-2/h8,11,16-17,19-20,24-27,55H,4-7,9-10,12-15,18,21-23,28-54H2,1-3H3/b11-8-,19-16-,20-17-,26-24-,27-25-. The van der Waals surface area contributed by atoms with Crippen molar-refractivity contribution in [2.45, 2.75) is 271 Å². The van der Waals surface area contributed by atoms with Crippen LogP contribution in [0, 0.1) is 0 Å². The van der Waals surface area contributed by atoms with Crippen LogP contribution in [0.3, 0.4) is 0 Å². The number of hydrogen-bond donors (Lipinski definition) is 0. The average molecular weight is 867 g/mol. The van der Waals surface area contributed by atoms with Gasteiger partial charge >= 0.3 is 11.9 Å². The summed E-state index contributed by atoms with van der Waals surface area (Å²) in [6.07, 6.45) is 66.6. The van der Waals surface area contributed by atoms with Crippen LogP contribution in [0.1, 0.15) is 265 Å². The summed E-state index contributed by atoms with van der Waals surface area (Å²) >= 11 is 0. The molecule has 62 heavy (non-hydrogen) atoms. The Morgan fingerprint density at radius 3 is 1.19 bits per heavy atom. The highest BCUT2D eigenvalue weighted by molar-refractivity contribution is 5.70. The van der Waals surface area contributed by atoms with Crippen LogP contribution < -0.4 is 0 Å². The first-order valence-electron chi connectivity index (χ1n) is 26.8. The van der Waals surface area contributed by atoms with Crippen molar-refractivity contribution >= 4 is 11.9 Å². The van der Waals surface area contributed by atoms with E-state index in [4.69, 9.17) is 14.2 Å². The monoisotopic (exact) mass is 867 g/mol. The second kappa shape index (κ2) is 52.9. The first kappa shape index (κ1) is 59.6. The van der Waals surface area contributed by atoms with Gasteiger partial charge in [0.05, 0.1) is 6.61 Å². The maximum absolute atomic E-state index is 12.8. The number of hydrogen-bond acceptors (Lipinski definition) is 5. The third-order valence-corrected chi connectivity index (χ3v) is 11.5. The number of carbonyl (C=O) groups is 2. The summed E-state index contributed by atoms with van der Waals surface area (Å²) in [7, 11) is 0. The quantitative estimate of drug-likeness (QED) is 0.0346. The maximum Gasteiger partial charge on any atom is 0.306 e. The third kappa shape index (κ3) is 50.2. The van der Waals surface area contributed by atoms with Gasteiger partial charge in [0.15, 0.2) is 6.10 Å². The maximum atomic E-state index is 12.8. The van der Waals surface area contributed by atoms with E-state index in [1.165, 1.54) is 161 Å². The van der Waals surface area contributed by atoms with Crippen molar-refractivity contribution in [3.8, 4) is 0 Å². The van der Waals surface area contributed by atoms with Gasteiger partial charge in [-0.05, 0) is 83.5 Å². The third-order valence-electron chi connectivity index (χ3n) is 11.5. The van der Waals surface area contributed by atoms with Crippen LogP contribution in [0.5, 0.6) is 0 Å². The molecule has 0 amide bonds. The molecule has 0 aromatic rings. The van der Waals surface area contributed by atoms with Crippen LogP contribution in [-0.2, 0) is 23.8 Å². The summed E-state index contributed by atoms with van der Waals surface area (Å²) in [4.78, 5) is 25.4. The molecular weight excluding hydrogens is 765 g/mol. The van der Waals surface area contributed by atoms with E-state index >= 15 is 0 Å². The largest absolute Gasteiger partial charge is 0.462 e. The van der Waals surface area contributed by atoms with Crippen molar-refractivity contribution in [1.29, 1.82) is 0 Å². The second-order valence-electron chi connectivity index (χ2n) is 17.8. The van der Waals surface area contributed by atoms with Gasteiger partial charge in [0.2, 0.25) is 0 Å². The zero-order valence-corrected chi connectivity index (χ0v) is 41.4. The molecule has 0 radical (unpaired) electrons. The van der Waals surface area contributed by atoms with E-state index in [0.29, 0.717) is 19.4 Å². The predicted molar refractivity (Wildman–Crippen MR) is 270 cm³/mol. The number of ether oxygens (including phenoxy) is 3. The van der Waals surface area contributed by atoms with Crippen molar-refractivity contribution in [1.82, 2.24) is 0 Å². The minimum Gasteiger partial charge on any atom is -0.462 e. The molecule has 0 aliphatic rings. The first-order chi connectivity index (χ1) is 30.6. The Balaban J connectivity index is 4.23. The lowest BCUT2D eigenvalue weighted by atomic mass is 10.1. The summed E-state index contributed by atoms with van der Waals surface area (Å²) in [5.74, 6) is -0.402. The molecule has 0 aromatic heterocycles. The molecule has 1 atom stereocenters. The summed E-state index contributed by atoms with van der Waals surface area (Å²) in [5, 5.41) is 0. The predicted octanol–water partition coefficient (Wildman–Crippen LogP) is 18.1. The van der Waals surface area contributed by atoms with Crippen LogP contribution in [0.2, 0.25) is 0 Å². The summed E-state index contributed by atoms with van der Waals surface area (Å²) in [5.41, 5.74) is 0. The van der Waals surface area contributed by atoms with Crippen molar-refractivity contribution in [3.63, 3.8) is 0 Å². The van der Waals surface area contributed by atoms with Gasteiger partial charge in [-0.25, -0.2) is 0 Å². The average Bonchev–Trinajstić information content (AvgIpc) is 3.27. The Hall–Kier alpha value is -2.40. The van der Waals surface area contributed by atoms with Crippen LogP contribution in [0.25, 0.3) is 0 Å². The van der Waals surface area contributed by atoms with Crippen molar-refractivity contribution in [2.75, 3.05) is 19.8 Å². The Morgan fingerprint density at radius 2 is 0.726 bits per heavy atom. The topological polar surface area (TPSA) is 61.8 Å². The molecule has 0 aliphatic carbocycles. The fourth-order valence-electron chi connectivity index (χ4n) is 7.56. The Morgan fingerprint density at radius 1 is 0.371 bits per heavy atom. The van der Waals surface area contributed by atoms with Gasteiger partial charge in [0, 0.05) is 19.4 Å². The molecule has 360 valence electrons. The van der Waals surface area contributed by atoms with Crippen molar-refractivity contribution in [3.05, 3.63) is 60.8 Å². The lowest BCUT2D eigenvalue weighted by Gasteiger charge is -2.18. The molecule has 0 bridgehead atoms. The first-order valence-corrected chi connectivity index (χ1v) is 26.8. The smallest absolute Gasteiger partial charge is 0.306 e. The Kier molecular flexibility index (Phi) is 50.9. The lowest BCUT2D eigenvalue weighted by molar-refractivity contribution is -0.163. The number of rotatable bonds is 49. The highest BCUT2D eigenvalue weighted by Crippen LogP contribution is 2.15. The fraction of sp³-hybridized carbons (Fsp3) is 0.789. The molecule has 0 N–H and O–H groups in total. The summed E-state index contributed by atoms with van der Waals surface area (Å²) < 4.78 is 17.4. The van der Waals surface area contributed by atoms with Crippen LogP contribution >= 0.6 is 0 Å². The fourth-order valence-corrected chi connectivity index (χ4v) is 7.56. The van der Waals surface area contributed by atoms with E-state index in [9.17, 15) is 9.59 Å². The normalized spacial score (nSPS) is 12.6. The minimum absolute atomic E-state index is 0.0792. The van der Waals surface area contributed by atoms with Crippen LogP contribution in [-0.4, -0.2) is 37.9 Å². The van der Waals surface area contributed by atoms with Gasteiger partial charge in [-0.2, -0.15) is 0 Å². The molecule has 0 saturated carbocycles. The van der Waals surface area contributed by atoms with Gasteiger partial charge < -0.3 is 14.2 Å². The molecule has 1 unspecified atom stereocenters. The van der Waals surface area contributed by atoms with Crippen molar-refractivity contribution in [2.24, 2.45) is 0 Å². The van der Waals surface area contributed by atoms with E-state index in [1.54, 1.807) is 0 Å². The number of allylic oxidation sites excluding steroid dienone is 10. The van der Waals surface area contributed by atoms with Gasteiger partial charge in [0.25, 0.3) is 0 Å². The van der Waals surface area contributed by atoms with Gasteiger partial charge in [0.1, 0.15) is 6.61 Å². The Bertz CT molecular complexity index is 1070. The van der Waals surface area contributed by atoms with Gasteiger partial charge in [-0.15, -0.1) is 0 Å². The molecule has 0 saturated heterocycles. The zero-order valence-electron chi connectivity index (χ0n) is 41.4. The molecule has 5 nitrogen and oxygen atoms in total. The van der Waals surface area contributed by atoms with Crippen LogP contribution in [0.15, 0.2) is 60.8 Å². The number of unbranched alkanes of at least 4 members (excludes halogenated alkanes) is 28. The Labute approximate surface area is 385 Å². The number of carbonyl (C=O) groups excluding carboxylic acids is 2. The van der Waals surface area contributed by atoms with Crippen molar-refractivity contribution < 1.29 is 23.8 Å². The summed E-state index contributed by atoms with van der Waals surface area (Å²) in [6, 6.07) is 0. The van der Waals surface area contributed by atoms with E-state index in [0.717, 1.165) is 70.6 Å². The highest BCUT2D eigenvalue weighted by atomic mass is 16.6. The van der Waals surface area contributed by atoms with E-state index in [2.05, 4.69) is 81.5 Å². The second-order valence-corrected chi connectivity index (χ2v) is 17.8. The molecule has 0 fully saturated rings. The molecule has 0 spiro atoms. The molecule has 0 aliphatic heterocycles. The minimum atomic E-state index is -0.543. The van der Waals surface area contributed by atoms with E-state index in [-0.39, 0.29) is 25.2 Å². The summed E-state index contributed by atoms with van der Waals surface area (Å²) in [6.45, 7) is 7.68. The van der Waals surface area contributed by atoms with E-state index < -0.39 is 6.10 Å². The van der Waals surface area contributed by atoms with Gasteiger partial charge in [-0.3, -0.25) is 9.59 Å². The van der Waals surface area contributed by atoms with Gasteiger partial charge in [-0.1, -0.05) is 229 Å². The van der Waals surface area contributed by atoms with E-state index in [1.807, 2.05) is 0 Å².